The van der Waals surface area contributed by atoms with E-state index in [1.165, 1.54) is 0 Å². The van der Waals surface area contributed by atoms with Gasteiger partial charge in [-0.15, -0.1) is 11.8 Å². The Morgan fingerprint density at radius 1 is 1.15 bits per heavy atom. The lowest BCUT2D eigenvalue weighted by Crippen LogP contribution is -2.59. The molecular weight excluding hydrogens is 436 g/mol. The molecule has 3 N–H and O–H groups in total. The van der Waals surface area contributed by atoms with Crippen LogP contribution in [0.2, 0.25) is 0 Å². The van der Waals surface area contributed by atoms with Gasteiger partial charge in [-0.25, -0.2) is 9.59 Å². The third kappa shape index (κ3) is 4.61. The maximum absolute atomic E-state index is 12.9. The van der Waals surface area contributed by atoms with Crippen LogP contribution >= 0.6 is 0 Å². The van der Waals surface area contributed by atoms with Crippen LogP contribution in [-0.4, -0.2) is 54.5 Å². The average Bonchev–Trinajstić information content (AvgIpc) is 3.44. The third-order valence-electron chi connectivity index (χ3n) is 6.23. The minimum atomic E-state index is -1.52. The Bertz CT molecular complexity index is 1110. The zero-order valence-corrected chi connectivity index (χ0v) is 18.8. The largest absolute Gasteiger partial charge is 0.479 e. The number of amides is 2. The minimum absolute atomic E-state index is 0.0169. The first kappa shape index (κ1) is 23.3. The number of carbonyl (C=O) groups excluding carboxylic acids is 2. The molecule has 2 aromatic carbocycles. The van der Waals surface area contributed by atoms with Crippen molar-refractivity contribution in [1.82, 2.24) is 10.6 Å². The Morgan fingerprint density at radius 2 is 1.79 bits per heavy atom. The molecule has 0 bridgehead atoms. The van der Waals surface area contributed by atoms with Gasteiger partial charge in [0, 0.05) is 25.4 Å². The van der Waals surface area contributed by atoms with Crippen LogP contribution in [0.5, 0.6) is 0 Å². The fraction of sp³-hybridized carbons (Fsp3) is 0.346. The molecule has 4 rings (SSSR count). The van der Waals surface area contributed by atoms with E-state index in [0.29, 0.717) is 0 Å². The van der Waals surface area contributed by atoms with Crippen LogP contribution in [0.4, 0.5) is 4.79 Å². The number of ether oxygens (including phenoxy) is 2. The molecule has 1 fully saturated rings. The average molecular weight is 463 g/mol. The van der Waals surface area contributed by atoms with Crippen molar-refractivity contribution >= 4 is 18.0 Å². The van der Waals surface area contributed by atoms with Crippen molar-refractivity contribution in [1.29, 1.82) is 0 Å². The summed E-state index contributed by atoms with van der Waals surface area (Å²) in [5.41, 5.74) is 2.86. The molecule has 1 aliphatic heterocycles. The number of alkyl carbamates (subject to hydrolysis) is 1. The number of hydrogen-bond acceptors (Lipinski definition) is 5. The predicted molar refractivity (Wildman–Crippen MR) is 124 cm³/mol. The Morgan fingerprint density at radius 3 is 2.35 bits per heavy atom. The van der Waals surface area contributed by atoms with Gasteiger partial charge in [0.2, 0.25) is 5.91 Å². The smallest absolute Gasteiger partial charge is 0.407 e. The maximum Gasteiger partial charge on any atom is 0.407 e. The van der Waals surface area contributed by atoms with Crippen molar-refractivity contribution < 1.29 is 29.0 Å². The summed E-state index contributed by atoms with van der Waals surface area (Å²) in [5.74, 6) is 3.50. The summed E-state index contributed by atoms with van der Waals surface area (Å²) in [6.45, 7) is 1.81. The van der Waals surface area contributed by atoms with Gasteiger partial charge in [-0.2, -0.15) is 0 Å². The van der Waals surface area contributed by atoms with Gasteiger partial charge in [-0.1, -0.05) is 48.5 Å². The number of carboxylic acid groups (broad SMARTS) is 1. The highest BCUT2D eigenvalue weighted by Gasteiger charge is 2.45. The highest BCUT2D eigenvalue weighted by atomic mass is 16.5. The molecule has 2 aromatic rings. The lowest BCUT2D eigenvalue weighted by molar-refractivity contribution is -0.147. The summed E-state index contributed by atoms with van der Waals surface area (Å²) in [4.78, 5) is 37.3. The van der Waals surface area contributed by atoms with Gasteiger partial charge >= 0.3 is 12.1 Å². The number of benzene rings is 2. The van der Waals surface area contributed by atoms with E-state index in [1.54, 1.807) is 6.92 Å². The van der Waals surface area contributed by atoms with Crippen LogP contribution in [0.1, 0.15) is 36.8 Å². The zero-order valence-electron chi connectivity index (χ0n) is 18.8. The molecule has 2 aliphatic rings. The van der Waals surface area contributed by atoms with Crippen LogP contribution in [0, 0.1) is 11.8 Å². The molecule has 8 heteroatoms. The monoisotopic (exact) mass is 462 g/mol. The standard InChI is InChI=1S/C26H26N2O6/c1-2-3-12-22(23(29)28-26(24(30)31)13-14-33-16-26)27-25(32)34-15-21-19-10-6-4-8-17(19)18-9-5-7-11-20(18)21/h4-11,21-22H,12-16H2,1H3,(H,27,32)(H,28,29)(H,30,31). The number of fused-ring (bicyclic) bond motifs is 3. The molecule has 8 nitrogen and oxygen atoms in total. The van der Waals surface area contributed by atoms with E-state index in [0.717, 1.165) is 22.3 Å². The summed E-state index contributed by atoms with van der Waals surface area (Å²) < 4.78 is 10.7. The fourth-order valence-corrected chi connectivity index (χ4v) is 4.40. The van der Waals surface area contributed by atoms with Crippen LogP contribution in [0.3, 0.4) is 0 Å². The number of carboxylic acids is 1. The summed E-state index contributed by atoms with van der Waals surface area (Å²) >= 11 is 0. The molecule has 1 heterocycles. The maximum atomic E-state index is 12.9. The lowest BCUT2D eigenvalue weighted by Gasteiger charge is -2.26. The van der Waals surface area contributed by atoms with Crippen LogP contribution in [-0.2, 0) is 19.1 Å². The van der Waals surface area contributed by atoms with Crippen LogP contribution in [0.15, 0.2) is 48.5 Å². The number of hydrogen-bond donors (Lipinski definition) is 3. The second-order valence-corrected chi connectivity index (χ2v) is 8.33. The quantitative estimate of drug-likeness (QED) is 0.545. The van der Waals surface area contributed by atoms with E-state index in [2.05, 4.69) is 22.5 Å². The molecule has 1 aliphatic carbocycles. The van der Waals surface area contributed by atoms with Gasteiger partial charge in [-0.05, 0) is 29.2 Å². The van der Waals surface area contributed by atoms with Gasteiger partial charge in [-0.3, -0.25) is 4.79 Å². The fourth-order valence-electron chi connectivity index (χ4n) is 4.40. The molecule has 34 heavy (non-hydrogen) atoms. The van der Waals surface area contributed by atoms with Crippen molar-refractivity contribution in [2.24, 2.45) is 0 Å². The van der Waals surface area contributed by atoms with Crippen LogP contribution < -0.4 is 10.6 Å². The summed E-state index contributed by atoms with van der Waals surface area (Å²) in [7, 11) is 0. The summed E-state index contributed by atoms with van der Waals surface area (Å²) in [5, 5.41) is 14.7. The molecule has 0 spiro atoms. The van der Waals surface area contributed by atoms with E-state index in [9.17, 15) is 19.5 Å². The number of carbonyl (C=O) groups is 3. The van der Waals surface area contributed by atoms with E-state index >= 15 is 0 Å². The number of rotatable bonds is 7. The third-order valence-corrected chi connectivity index (χ3v) is 6.23. The topological polar surface area (TPSA) is 114 Å². The second kappa shape index (κ2) is 9.98. The van der Waals surface area contributed by atoms with Gasteiger partial charge < -0.3 is 25.2 Å². The van der Waals surface area contributed by atoms with Gasteiger partial charge in [0.25, 0.3) is 0 Å². The SMILES string of the molecule is CC#CCC(NC(=O)OCC1c2ccccc2-c2ccccc21)C(=O)NC1(C(=O)O)CCOC1. The Labute approximate surface area is 197 Å². The highest BCUT2D eigenvalue weighted by molar-refractivity contribution is 5.91. The van der Waals surface area contributed by atoms with Crippen LogP contribution in [0.25, 0.3) is 11.1 Å². The van der Waals surface area contributed by atoms with E-state index < -0.39 is 29.6 Å². The molecule has 2 atom stereocenters. The molecule has 0 radical (unpaired) electrons. The summed E-state index contributed by atoms with van der Waals surface area (Å²) in [6.07, 6.45) is -0.610. The molecule has 2 amide bonds. The van der Waals surface area contributed by atoms with Crippen molar-refractivity contribution in [3.8, 4) is 23.0 Å². The number of nitrogens with one attached hydrogen (secondary N) is 2. The zero-order chi connectivity index (χ0) is 24.1. The molecule has 176 valence electrons. The summed E-state index contributed by atoms with van der Waals surface area (Å²) in [6, 6.07) is 14.9. The van der Waals surface area contributed by atoms with Gasteiger partial charge in [0.15, 0.2) is 5.54 Å². The molecule has 2 unspecified atom stereocenters. The van der Waals surface area contributed by atoms with Crippen molar-refractivity contribution in [3.63, 3.8) is 0 Å². The van der Waals surface area contributed by atoms with E-state index in [1.807, 2.05) is 48.5 Å². The van der Waals surface area contributed by atoms with E-state index in [4.69, 9.17) is 9.47 Å². The Kier molecular flexibility index (Phi) is 6.85. The second-order valence-electron chi connectivity index (χ2n) is 8.33. The molecule has 0 saturated carbocycles. The minimum Gasteiger partial charge on any atom is -0.479 e. The lowest BCUT2D eigenvalue weighted by atomic mass is 9.98. The first-order chi connectivity index (χ1) is 16.4. The molecule has 1 saturated heterocycles. The van der Waals surface area contributed by atoms with Crippen molar-refractivity contribution in [2.75, 3.05) is 19.8 Å². The first-order valence-corrected chi connectivity index (χ1v) is 11.1. The predicted octanol–water partition coefficient (Wildman–Crippen LogP) is 2.67. The first-order valence-electron chi connectivity index (χ1n) is 11.1. The number of aliphatic carboxylic acids is 1. The van der Waals surface area contributed by atoms with E-state index in [-0.39, 0.29) is 38.6 Å². The Balaban J connectivity index is 1.43. The highest BCUT2D eigenvalue weighted by Crippen LogP contribution is 2.44. The normalized spacial score (nSPS) is 19.2. The van der Waals surface area contributed by atoms with Crippen molar-refractivity contribution in [2.45, 2.75) is 37.3 Å². The van der Waals surface area contributed by atoms with Crippen molar-refractivity contribution in [3.05, 3.63) is 59.7 Å². The van der Waals surface area contributed by atoms with Gasteiger partial charge in [0.05, 0.1) is 6.61 Å². The molecule has 0 aromatic heterocycles. The molecular formula is C26H26N2O6. The Hall–Kier alpha value is -3.83. The van der Waals surface area contributed by atoms with Gasteiger partial charge in [0.1, 0.15) is 12.6 Å².